The van der Waals surface area contributed by atoms with E-state index in [0.29, 0.717) is 37.6 Å². The van der Waals surface area contributed by atoms with Gasteiger partial charge in [-0.1, -0.05) is 167 Å². The molecule has 5 nitrogen and oxygen atoms in total. The lowest BCUT2D eigenvalue weighted by Crippen LogP contribution is -2.15. The third-order valence-electron chi connectivity index (χ3n) is 14.6. The highest BCUT2D eigenvalue weighted by Crippen LogP contribution is 2.42. The average Bonchev–Trinajstić information content (AvgIpc) is 3.33. The Labute approximate surface area is 400 Å². The van der Waals surface area contributed by atoms with Gasteiger partial charge in [0.2, 0.25) is 11.6 Å². The summed E-state index contributed by atoms with van der Waals surface area (Å²) in [5.74, 6) is -1.32. The van der Waals surface area contributed by atoms with Crippen LogP contribution in [0.1, 0.15) is 255 Å². The van der Waals surface area contributed by atoms with Crippen LogP contribution in [-0.2, 0) is 13.6 Å². The van der Waals surface area contributed by atoms with Crippen molar-refractivity contribution >= 4 is 8.25 Å². The second-order valence-corrected chi connectivity index (χ2v) is 20.9. The Morgan fingerprint density at radius 3 is 1.06 bits per heavy atom. The van der Waals surface area contributed by atoms with Gasteiger partial charge in [-0.25, -0.2) is 8.78 Å². The molecule has 0 atom stereocenters. The topological polar surface area (TPSA) is 54.0 Å². The van der Waals surface area contributed by atoms with Crippen LogP contribution in [0.4, 0.5) is 17.6 Å². The normalized spacial score (nSPS) is 19.0. The van der Waals surface area contributed by atoms with E-state index in [1.165, 1.54) is 64.2 Å². The minimum absolute atomic E-state index is 0.0357. The first-order chi connectivity index (χ1) is 32.3. The largest absolute Gasteiger partial charge is 0.697 e. The highest BCUT2D eigenvalue weighted by atomic mass is 31.1. The van der Waals surface area contributed by atoms with Gasteiger partial charge in [0, 0.05) is 4.57 Å². The molecule has 0 amide bonds. The number of ether oxygens (including phenoxy) is 2. The van der Waals surface area contributed by atoms with Crippen LogP contribution in [0, 0.1) is 35.1 Å². The van der Waals surface area contributed by atoms with Crippen molar-refractivity contribution < 1.29 is 40.6 Å². The summed E-state index contributed by atoms with van der Waals surface area (Å²) < 4.78 is 93.9. The summed E-state index contributed by atoms with van der Waals surface area (Å²) in [6.45, 7) is 6.17. The summed E-state index contributed by atoms with van der Waals surface area (Å²) in [5, 5.41) is 0. The Morgan fingerprint density at radius 1 is 0.409 bits per heavy atom. The summed E-state index contributed by atoms with van der Waals surface area (Å²) in [6.07, 6.45) is 37.3. The van der Waals surface area contributed by atoms with E-state index in [1.54, 1.807) is 24.3 Å². The van der Waals surface area contributed by atoms with Crippen LogP contribution in [0.2, 0.25) is 0 Å². The molecule has 2 fully saturated rings. The van der Waals surface area contributed by atoms with Gasteiger partial charge >= 0.3 is 8.25 Å². The van der Waals surface area contributed by atoms with Gasteiger partial charge in [0.25, 0.3) is 0 Å². The van der Waals surface area contributed by atoms with Crippen molar-refractivity contribution in [3.63, 3.8) is 0 Å². The van der Waals surface area contributed by atoms with Gasteiger partial charge in [0.05, 0.1) is 13.2 Å². The van der Waals surface area contributed by atoms with E-state index in [2.05, 4.69) is 13.8 Å². The predicted octanol–water partition coefficient (Wildman–Crippen LogP) is 19.1. The van der Waals surface area contributed by atoms with Crippen molar-refractivity contribution in [3.8, 4) is 11.5 Å². The van der Waals surface area contributed by atoms with Crippen molar-refractivity contribution in [1.82, 2.24) is 0 Å². The highest BCUT2D eigenvalue weighted by molar-refractivity contribution is 7.33. The molecule has 0 aromatic heterocycles. The van der Waals surface area contributed by atoms with Crippen molar-refractivity contribution in [2.75, 3.05) is 26.4 Å². The van der Waals surface area contributed by atoms with Gasteiger partial charge in [-0.05, 0) is 124 Å². The van der Waals surface area contributed by atoms with Gasteiger partial charge < -0.3 is 9.47 Å². The summed E-state index contributed by atoms with van der Waals surface area (Å²) in [4.78, 5) is 0. The molecule has 0 spiro atoms. The number of benzene rings is 2. The molecule has 0 bridgehead atoms. The molecule has 2 aromatic carbocycles. The molecule has 2 aromatic rings. The Kier molecular flexibility index (Phi) is 29.9. The van der Waals surface area contributed by atoms with Gasteiger partial charge in [-0.15, -0.1) is 9.05 Å². The maximum absolute atomic E-state index is 15.0. The van der Waals surface area contributed by atoms with Gasteiger partial charge in [0.1, 0.15) is 13.2 Å². The maximum Gasteiger partial charge on any atom is 0.697 e. The maximum atomic E-state index is 15.0. The lowest BCUT2D eigenvalue weighted by molar-refractivity contribution is 0.218. The summed E-state index contributed by atoms with van der Waals surface area (Å²) in [7, 11) is -2.06. The number of hydrogen-bond acceptors (Lipinski definition) is 5. The minimum Gasteiger partial charge on any atom is -0.490 e. The zero-order valence-corrected chi connectivity index (χ0v) is 42.4. The molecule has 2 aliphatic rings. The molecule has 0 radical (unpaired) electrons. The minimum atomic E-state index is -2.06. The van der Waals surface area contributed by atoms with Crippen LogP contribution in [0.25, 0.3) is 0 Å². The first-order valence-electron chi connectivity index (χ1n) is 27.3. The van der Waals surface area contributed by atoms with Gasteiger partial charge in [0.15, 0.2) is 23.1 Å². The van der Waals surface area contributed by atoms with Crippen molar-refractivity contribution in [2.45, 2.75) is 244 Å². The molecule has 2 aliphatic carbocycles. The molecule has 0 unspecified atom stereocenters. The molecule has 4 rings (SSSR count). The summed E-state index contributed by atoms with van der Waals surface area (Å²) >= 11 is 0. The SMILES string of the molecule is CCCCCC1CCC(c2ccc(OCCCCCCCCCCCO[P+](=O)OCCCCCCCCCCCOc3ccc(C4CCC(CCCCC)CC4)c(F)c3F)c(F)c2F)CC1. The fraction of sp³-hybridized carbons (Fsp3) is 0.786. The van der Waals surface area contributed by atoms with Crippen LogP contribution in [-0.4, -0.2) is 26.4 Å². The van der Waals surface area contributed by atoms with Crippen molar-refractivity contribution in [3.05, 3.63) is 58.7 Å². The first kappa shape index (κ1) is 56.4. The molecule has 0 saturated heterocycles. The molecule has 0 N–H and O–H groups in total. The quantitative estimate of drug-likeness (QED) is 0.0381. The van der Waals surface area contributed by atoms with E-state index in [0.717, 1.165) is 166 Å². The number of hydrogen-bond donors (Lipinski definition) is 0. The predicted molar refractivity (Wildman–Crippen MR) is 264 cm³/mol. The second kappa shape index (κ2) is 35.0. The van der Waals surface area contributed by atoms with E-state index >= 15 is 0 Å². The molecule has 0 heterocycles. The molecular formula is C56H90F4O5P+. The second-order valence-electron chi connectivity index (χ2n) is 19.9. The average molecular weight is 950 g/mol. The lowest BCUT2D eigenvalue weighted by Gasteiger charge is -2.29. The Morgan fingerprint density at radius 2 is 0.727 bits per heavy atom. The van der Waals surface area contributed by atoms with Crippen LogP contribution < -0.4 is 9.47 Å². The standard InChI is InChI=1S/C56H90F4O5P/c1-3-5-21-27-45-29-33-47(34-30-45)49-37-39-51(55(59)53(49)57)62-41-23-17-13-9-7-11-15-19-25-43-64-66(61)65-44-26-20-16-12-8-10-14-18-24-42-63-52-40-38-50(54(58)56(52)60)48-35-31-46(32-36-48)28-22-6-4-2/h37-40,45-48H,3-36,41-44H2,1-2H3/q+1. The van der Waals surface area contributed by atoms with Gasteiger partial charge in [-0.3, -0.25) is 0 Å². The molecule has 376 valence electrons. The highest BCUT2D eigenvalue weighted by Gasteiger charge is 2.28. The first-order valence-corrected chi connectivity index (χ1v) is 28.4. The van der Waals surface area contributed by atoms with Crippen LogP contribution in [0.15, 0.2) is 24.3 Å². The van der Waals surface area contributed by atoms with Crippen molar-refractivity contribution in [2.24, 2.45) is 11.8 Å². The Bertz CT molecular complexity index is 1460. The fourth-order valence-electron chi connectivity index (χ4n) is 10.4. The van der Waals surface area contributed by atoms with Crippen LogP contribution in [0.3, 0.4) is 0 Å². The van der Waals surface area contributed by atoms with E-state index in [-0.39, 0.29) is 23.3 Å². The Hall–Kier alpha value is -2.22. The van der Waals surface area contributed by atoms with Crippen LogP contribution >= 0.6 is 8.25 Å². The van der Waals surface area contributed by atoms with Gasteiger partial charge in [-0.2, -0.15) is 8.78 Å². The van der Waals surface area contributed by atoms with E-state index in [4.69, 9.17) is 18.5 Å². The fourth-order valence-corrected chi connectivity index (χ4v) is 11.0. The molecule has 66 heavy (non-hydrogen) atoms. The summed E-state index contributed by atoms with van der Waals surface area (Å²) in [6, 6.07) is 6.76. The number of halogens is 4. The zero-order valence-electron chi connectivity index (χ0n) is 41.5. The van der Waals surface area contributed by atoms with Crippen LogP contribution in [0.5, 0.6) is 11.5 Å². The lowest BCUT2D eigenvalue weighted by atomic mass is 9.77. The van der Waals surface area contributed by atoms with E-state index < -0.39 is 31.5 Å². The zero-order chi connectivity index (χ0) is 47.0. The number of unbranched alkanes of at least 4 members (excludes halogenated alkanes) is 20. The molecule has 0 aliphatic heterocycles. The third-order valence-corrected chi connectivity index (χ3v) is 15.4. The third kappa shape index (κ3) is 22.0. The van der Waals surface area contributed by atoms with E-state index in [1.807, 2.05) is 0 Å². The molecular weight excluding hydrogens is 860 g/mol. The number of rotatable bonds is 38. The molecule has 10 heteroatoms. The van der Waals surface area contributed by atoms with Crippen molar-refractivity contribution in [1.29, 1.82) is 0 Å². The monoisotopic (exact) mass is 950 g/mol. The molecule has 2 saturated carbocycles. The Balaban J connectivity index is 0.864. The van der Waals surface area contributed by atoms with E-state index in [9.17, 15) is 22.1 Å². The smallest absolute Gasteiger partial charge is 0.490 e. The summed E-state index contributed by atoms with van der Waals surface area (Å²) in [5.41, 5.74) is 1.05.